The molecule has 0 saturated carbocycles. The van der Waals surface area contributed by atoms with Crippen LogP contribution in [0.2, 0.25) is 0 Å². The summed E-state index contributed by atoms with van der Waals surface area (Å²) in [4.78, 5) is 26.4. The summed E-state index contributed by atoms with van der Waals surface area (Å²) < 4.78 is 14.5. The van der Waals surface area contributed by atoms with E-state index in [0.29, 0.717) is 24.1 Å². The average Bonchev–Trinajstić information content (AvgIpc) is 3.37. The van der Waals surface area contributed by atoms with Crippen molar-refractivity contribution in [3.63, 3.8) is 0 Å². The highest BCUT2D eigenvalue weighted by Gasteiger charge is 2.53. The lowest BCUT2D eigenvalue weighted by Gasteiger charge is -2.34. The monoisotopic (exact) mass is 557 g/mol. The number of imide groups is 1. The first-order chi connectivity index (χ1) is 20.0. The van der Waals surface area contributed by atoms with Gasteiger partial charge in [-0.05, 0) is 37.1 Å². The van der Waals surface area contributed by atoms with Crippen molar-refractivity contribution in [3.05, 3.63) is 70.8 Å². The van der Waals surface area contributed by atoms with Gasteiger partial charge in [-0.1, -0.05) is 56.4 Å². The van der Waals surface area contributed by atoms with Gasteiger partial charge in [0.1, 0.15) is 19.2 Å². The molecule has 2 amide bonds. The molecule has 0 fully saturated rings. The largest absolute Gasteiger partial charge is 0.493 e. The molecule has 1 spiro atoms. The molecule has 3 heterocycles. The van der Waals surface area contributed by atoms with Gasteiger partial charge >= 0.3 is 0 Å². The van der Waals surface area contributed by atoms with Crippen LogP contribution in [-0.4, -0.2) is 71.6 Å². The van der Waals surface area contributed by atoms with E-state index in [9.17, 15) is 14.7 Å². The topological polar surface area (TPSA) is 79.1 Å². The van der Waals surface area contributed by atoms with Gasteiger partial charge < -0.3 is 14.6 Å². The van der Waals surface area contributed by atoms with Gasteiger partial charge in [0, 0.05) is 36.9 Å². The third-order valence-electron chi connectivity index (χ3n) is 9.33. The molecule has 1 aliphatic carbocycles. The minimum absolute atomic E-state index is 0.0615. The number of hydrogen-bond donors (Lipinski definition) is 1. The van der Waals surface area contributed by atoms with Crippen LogP contribution in [0.3, 0.4) is 0 Å². The van der Waals surface area contributed by atoms with E-state index in [-0.39, 0.29) is 23.3 Å². The highest BCUT2D eigenvalue weighted by atomic mass is 16.5. The zero-order valence-electron chi connectivity index (χ0n) is 24.0. The Labute approximate surface area is 242 Å². The first-order valence-corrected chi connectivity index (χ1v) is 15.3. The fraction of sp³-hybridized carbons (Fsp3) is 0.500. The predicted octanol–water partition coefficient (Wildman–Crippen LogP) is 5.27. The lowest BCUT2D eigenvalue weighted by molar-refractivity contribution is -0.524. The van der Waals surface area contributed by atoms with E-state index in [1.54, 1.807) is 19.2 Å². The summed E-state index contributed by atoms with van der Waals surface area (Å²) in [5, 5.41) is 10.3. The van der Waals surface area contributed by atoms with Crippen LogP contribution < -0.4 is 9.47 Å². The average molecular weight is 558 g/mol. The van der Waals surface area contributed by atoms with Crippen molar-refractivity contribution in [2.24, 2.45) is 0 Å². The summed E-state index contributed by atoms with van der Waals surface area (Å²) in [6, 6.07) is 11.3. The van der Waals surface area contributed by atoms with Crippen molar-refractivity contribution in [1.29, 1.82) is 0 Å². The number of aliphatic hydroxyl groups excluding tert-OH is 1. The maximum absolute atomic E-state index is 12.5. The standard InChI is InChI=1S/C34H41N2O5/c1-40-28-15-14-24-23-35(21-18-34-17-16-25(37)22-29(34)41-31(28)30(24)34)19-10-6-4-2-3-5-7-11-20-36-32(38)26-12-8-9-13-27(26)33(36)39/h8-9,12-17,23,25,29,37H,2-7,10-11,18-22H2,1H3/q+1/t25-,29-,34-/m0/s1. The van der Waals surface area contributed by atoms with Gasteiger partial charge in [-0.2, -0.15) is 0 Å². The molecular weight excluding hydrogens is 516 g/mol. The Morgan fingerprint density at radius 3 is 2.37 bits per heavy atom. The molecule has 0 saturated heterocycles. The Hall–Kier alpha value is -3.45. The predicted molar refractivity (Wildman–Crippen MR) is 157 cm³/mol. The zero-order chi connectivity index (χ0) is 28.4. The molecule has 2 aromatic carbocycles. The molecule has 0 radical (unpaired) electrons. The number of nitrogens with zero attached hydrogens (tertiary/aromatic N) is 2. The van der Waals surface area contributed by atoms with Crippen LogP contribution in [0, 0.1) is 0 Å². The summed E-state index contributed by atoms with van der Waals surface area (Å²) in [5.74, 6) is 1.32. The summed E-state index contributed by atoms with van der Waals surface area (Å²) >= 11 is 0. The molecule has 216 valence electrons. The lowest BCUT2D eigenvalue weighted by atomic mass is 9.69. The molecule has 1 N–H and O–H groups in total. The number of aliphatic hydroxyl groups is 1. The molecule has 7 heteroatoms. The second-order valence-corrected chi connectivity index (χ2v) is 11.9. The van der Waals surface area contributed by atoms with E-state index < -0.39 is 6.10 Å². The van der Waals surface area contributed by atoms with Crippen LogP contribution in [0.5, 0.6) is 11.5 Å². The van der Waals surface area contributed by atoms with Crippen molar-refractivity contribution in [1.82, 2.24) is 4.90 Å². The second-order valence-electron chi connectivity index (χ2n) is 11.9. The van der Waals surface area contributed by atoms with Gasteiger partial charge in [-0.25, -0.2) is 4.58 Å². The molecule has 0 aromatic heterocycles. The zero-order valence-corrected chi connectivity index (χ0v) is 24.0. The minimum atomic E-state index is -0.464. The molecule has 41 heavy (non-hydrogen) atoms. The van der Waals surface area contributed by atoms with Crippen LogP contribution >= 0.6 is 0 Å². The highest BCUT2D eigenvalue weighted by Crippen LogP contribution is 2.54. The summed E-state index contributed by atoms with van der Waals surface area (Å²) in [5.41, 5.74) is 3.29. The van der Waals surface area contributed by atoms with Gasteiger partial charge in [0.05, 0.1) is 29.8 Å². The van der Waals surface area contributed by atoms with E-state index in [4.69, 9.17) is 9.47 Å². The Morgan fingerprint density at radius 1 is 0.976 bits per heavy atom. The lowest BCUT2D eigenvalue weighted by Crippen LogP contribution is -2.42. The number of benzene rings is 2. The number of ether oxygens (including phenoxy) is 2. The summed E-state index contributed by atoms with van der Waals surface area (Å²) in [6.45, 7) is 2.51. The second kappa shape index (κ2) is 11.8. The van der Waals surface area contributed by atoms with Crippen LogP contribution in [0.25, 0.3) is 0 Å². The van der Waals surface area contributed by atoms with Gasteiger partial charge in [-0.15, -0.1) is 0 Å². The Bertz CT molecular complexity index is 1350. The Balaban J connectivity index is 0.924. The number of hydrogen-bond acceptors (Lipinski definition) is 5. The van der Waals surface area contributed by atoms with Crippen molar-refractivity contribution < 1.29 is 28.7 Å². The van der Waals surface area contributed by atoms with Gasteiger partial charge in [0.2, 0.25) is 0 Å². The SMILES string of the molecule is COc1ccc2c3c1O[C@H]1C[C@@H](O)C=C[C@@]31CC[N+](CCCCCCCCCCN1C(=O)c3ccccc3C1=O)=C2. The highest BCUT2D eigenvalue weighted by molar-refractivity contribution is 6.21. The molecular formula is C34H41N2O5+. The van der Waals surface area contributed by atoms with E-state index in [2.05, 4.69) is 22.9 Å². The van der Waals surface area contributed by atoms with Crippen molar-refractivity contribution >= 4 is 18.0 Å². The van der Waals surface area contributed by atoms with Crippen molar-refractivity contribution in [3.8, 4) is 11.5 Å². The number of unbranched alkanes of at least 4 members (excludes halogenated alkanes) is 7. The summed E-state index contributed by atoms with van der Waals surface area (Å²) in [7, 11) is 1.69. The fourth-order valence-electron chi connectivity index (χ4n) is 7.11. The van der Waals surface area contributed by atoms with E-state index in [1.807, 2.05) is 24.3 Å². The van der Waals surface area contributed by atoms with Crippen LogP contribution in [0.4, 0.5) is 0 Å². The molecule has 0 bridgehead atoms. The molecule has 4 aliphatic rings. The molecule has 3 atom stereocenters. The number of rotatable bonds is 12. The first-order valence-electron chi connectivity index (χ1n) is 15.3. The normalized spacial score (nSPS) is 24.0. The van der Waals surface area contributed by atoms with E-state index >= 15 is 0 Å². The van der Waals surface area contributed by atoms with Crippen LogP contribution in [-0.2, 0) is 5.41 Å². The van der Waals surface area contributed by atoms with Crippen LogP contribution in [0.1, 0.15) is 96.1 Å². The molecule has 0 unspecified atom stereocenters. The van der Waals surface area contributed by atoms with Gasteiger partial charge in [0.15, 0.2) is 17.7 Å². The Kier molecular flexibility index (Phi) is 7.98. The van der Waals surface area contributed by atoms with E-state index in [0.717, 1.165) is 56.7 Å². The fourth-order valence-corrected chi connectivity index (χ4v) is 7.11. The molecule has 7 nitrogen and oxygen atoms in total. The quantitative estimate of drug-likeness (QED) is 0.167. The number of carbonyl (C=O) groups is 2. The Morgan fingerprint density at radius 2 is 1.66 bits per heavy atom. The van der Waals surface area contributed by atoms with Gasteiger partial charge in [0.25, 0.3) is 11.8 Å². The number of amides is 2. The number of carbonyl (C=O) groups excluding carboxylic acids is 2. The summed E-state index contributed by atoms with van der Waals surface area (Å²) in [6.07, 6.45) is 16.5. The maximum atomic E-state index is 12.5. The number of methoxy groups -OCH3 is 1. The third kappa shape index (κ3) is 5.21. The smallest absolute Gasteiger partial charge is 0.261 e. The van der Waals surface area contributed by atoms with Crippen molar-refractivity contribution in [2.45, 2.75) is 81.8 Å². The third-order valence-corrected chi connectivity index (χ3v) is 9.33. The molecule has 2 aromatic rings. The molecule has 6 rings (SSSR count). The van der Waals surface area contributed by atoms with Gasteiger partial charge in [-0.3, -0.25) is 14.5 Å². The van der Waals surface area contributed by atoms with Crippen LogP contribution in [0.15, 0.2) is 48.6 Å². The first kappa shape index (κ1) is 27.7. The minimum Gasteiger partial charge on any atom is -0.493 e. The van der Waals surface area contributed by atoms with E-state index in [1.165, 1.54) is 41.7 Å². The van der Waals surface area contributed by atoms with Crippen molar-refractivity contribution in [2.75, 3.05) is 26.7 Å². The number of fused-ring (bicyclic) bond motifs is 1. The maximum Gasteiger partial charge on any atom is 0.261 e. The molecule has 3 aliphatic heterocycles.